The molecule has 2 nitrogen and oxygen atoms in total. The Labute approximate surface area is 110 Å². The Morgan fingerprint density at radius 2 is 2.12 bits per heavy atom. The zero-order valence-electron chi connectivity index (χ0n) is 8.96. The van der Waals surface area contributed by atoms with Crippen LogP contribution in [0.3, 0.4) is 0 Å². The minimum atomic E-state index is -0.444. The van der Waals surface area contributed by atoms with Crippen molar-refractivity contribution in [2.24, 2.45) is 0 Å². The van der Waals surface area contributed by atoms with Crippen LogP contribution in [0.1, 0.15) is 20.1 Å². The van der Waals surface area contributed by atoms with E-state index >= 15 is 0 Å². The molecular weight excluding hydrogens is 305 g/mol. The van der Waals surface area contributed by atoms with E-state index in [1.807, 2.05) is 13.0 Å². The van der Waals surface area contributed by atoms with Crippen LogP contribution in [0, 0.1) is 12.7 Å². The van der Waals surface area contributed by atoms with Gasteiger partial charge in [0.15, 0.2) is 0 Å². The minimum absolute atomic E-state index is 0.160. The third kappa shape index (κ3) is 2.40. The molecule has 88 valence electrons. The molecule has 0 aliphatic carbocycles. The van der Waals surface area contributed by atoms with Gasteiger partial charge in [-0.05, 0) is 47.1 Å². The number of thiophene rings is 1. The number of halogens is 2. The van der Waals surface area contributed by atoms with E-state index in [1.54, 1.807) is 0 Å². The first-order valence-corrected chi connectivity index (χ1v) is 6.45. The second-order valence-electron chi connectivity index (χ2n) is 3.59. The first-order valence-electron chi connectivity index (χ1n) is 4.84. The first-order chi connectivity index (χ1) is 7.99. The van der Waals surface area contributed by atoms with Crippen LogP contribution in [-0.2, 0) is 0 Å². The number of rotatable bonds is 2. The van der Waals surface area contributed by atoms with E-state index in [4.69, 9.17) is 5.73 Å². The van der Waals surface area contributed by atoms with Crippen molar-refractivity contribution in [2.75, 3.05) is 5.73 Å². The molecule has 5 heteroatoms. The number of carbonyl (C=O) groups excluding carboxylic acids is 1. The Bertz CT molecular complexity index is 594. The van der Waals surface area contributed by atoms with Crippen LogP contribution >= 0.6 is 27.3 Å². The van der Waals surface area contributed by atoms with Gasteiger partial charge in [-0.3, -0.25) is 4.79 Å². The summed E-state index contributed by atoms with van der Waals surface area (Å²) in [5.74, 6) is -0.632. The van der Waals surface area contributed by atoms with Crippen LogP contribution in [0.4, 0.5) is 10.1 Å². The number of hydrogen-bond donors (Lipinski definition) is 1. The van der Waals surface area contributed by atoms with E-state index in [2.05, 4.69) is 15.9 Å². The zero-order valence-corrected chi connectivity index (χ0v) is 11.4. The highest BCUT2D eigenvalue weighted by atomic mass is 79.9. The van der Waals surface area contributed by atoms with Crippen molar-refractivity contribution in [3.63, 3.8) is 0 Å². The summed E-state index contributed by atoms with van der Waals surface area (Å²) in [5, 5.41) is 0. The molecule has 0 bridgehead atoms. The SMILES string of the molecule is Cc1cc(Br)c(C(=O)c2ccc(F)cc2N)s1. The van der Waals surface area contributed by atoms with Gasteiger partial charge in [0.1, 0.15) is 5.82 Å². The molecule has 0 saturated heterocycles. The lowest BCUT2D eigenvalue weighted by atomic mass is 10.1. The van der Waals surface area contributed by atoms with E-state index in [-0.39, 0.29) is 11.5 Å². The number of aryl methyl sites for hydroxylation is 1. The summed E-state index contributed by atoms with van der Waals surface area (Å²) in [6.07, 6.45) is 0. The van der Waals surface area contributed by atoms with Crippen molar-refractivity contribution in [3.8, 4) is 0 Å². The quantitative estimate of drug-likeness (QED) is 0.677. The van der Waals surface area contributed by atoms with Crippen molar-refractivity contribution in [1.82, 2.24) is 0 Å². The van der Waals surface area contributed by atoms with Gasteiger partial charge in [-0.2, -0.15) is 0 Å². The van der Waals surface area contributed by atoms with Gasteiger partial charge < -0.3 is 5.73 Å². The molecule has 1 aromatic heterocycles. The molecule has 2 aromatic rings. The van der Waals surface area contributed by atoms with E-state index in [1.165, 1.54) is 23.5 Å². The predicted octanol–water partition coefficient (Wildman–Crippen LogP) is 3.77. The van der Waals surface area contributed by atoms with Crippen LogP contribution in [-0.4, -0.2) is 5.78 Å². The van der Waals surface area contributed by atoms with Crippen molar-refractivity contribution < 1.29 is 9.18 Å². The monoisotopic (exact) mass is 313 g/mol. The smallest absolute Gasteiger partial charge is 0.206 e. The van der Waals surface area contributed by atoms with Crippen LogP contribution in [0.15, 0.2) is 28.7 Å². The maximum Gasteiger partial charge on any atom is 0.206 e. The molecule has 0 aliphatic rings. The Morgan fingerprint density at radius 1 is 1.41 bits per heavy atom. The van der Waals surface area contributed by atoms with Crippen LogP contribution in [0.2, 0.25) is 0 Å². The standard InChI is InChI=1S/C12H9BrFNOS/c1-6-4-9(13)12(17-6)11(16)8-3-2-7(14)5-10(8)15/h2-5H,15H2,1H3. The molecule has 0 unspecified atom stereocenters. The third-order valence-electron chi connectivity index (χ3n) is 2.27. The van der Waals surface area contributed by atoms with E-state index in [0.717, 1.165) is 15.4 Å². The van der Waals surface area contributed by atoms with Crippen LogP contribution in [0.5, 0.6) is 0 Å². The number of ketones is 1. The highest BCUT2D eigenvalue weighted by Crippen LogP contribution is 2.30. The van der Waals surface area contributed by atoms with Crippen molar-refractivity contribution in [2.45, 2.75) is 6.92 Å². The van der Waals surface area contributed by atoms with Gasteiger partial charge >= 0.3 is 0 Å². The number of anilines is 1. The van der Waals surface area contributed by atoms with Gasteiger partial charge in [-0.25, -0.2) is 4.39 Å². The first kappa shape index (κ1) is 12.3. The summed E-state index contributed by atoms with van der Waals surface area (Å²) in [5.41, 5.74) is 6.13. The number of benzene rings is 1. The molecule has 0 atom stereocenters. The van der Waals surface area contributed by atoms with Gasteiger partial charge in [0.25, 0.3) is 0 Å². The summed E-state index contributed by atoms with van der Waals surface area (Å²) in [6, 6.07) is 5.67. The molecule has 0 saturated carbocycles. The van der Waals surface area contributed by atoms with Gasteiger partial charge in [0.2, 0.25) is 5.78 Å². The number of nitrogen functional groups attached to an aromatic ring is 1. The molecule has 1 aromatic carbocycles. The van der Waals surface area contributed by atoms with E-state index in [0.29, 0.717) is 10.4 Å². The number of hydrogen-bond acceptors (Lipinski definition) is 3. The fourth-order valence-electron chi connectivity index (χ4n) is 1.50. The topological polar surface area (TPSA) is 43.1 Å². The maximum atomic E-state index is 12.9. The Balaban J connectivity index is 2.47. The second kappa shape index (κ2) is 4.58. The van der Waals surface area contributed by atoms with E-state index < -0.39 is 5.82 Å². The largest absolute Gasteiger partial charge is 0.398 e. The van der Waals surface area contributed by atoms with Gasteiger partial charge in [-0.15, -0.1) is 11.3 Å². The molecule has 0 amide bonds. The van der Waals surface area contributed by atoms with Gasteiger partial charge in [0, 0.05) is 20.6 Å². The summed E-state index contributed by atoms with van der Waals surface area (Å²) >= 11 is 4.71. The lowest BCUT2D eigenvalue weighted by Crippen LogP contribution is -2.04. The third-order valence-corrected chi connectivity index (χ3v) is 4.21. The molecule has 2 N–H and O–H groups in total. The fraction of sp³-hybridized carbons (Fsp3) is 0.0833. The Kier molecular flexibility index (Phi) is 3.31. The lowest BCUT2D eigenvalue weighted by molar-refractivity contribution is 0.104. The lowest BCUT2D eigenvalue weighted by Gasteiger charge is -2.03. The molecule has 2 rings (SSSR count). The zero-order chi connectivity index (χ0) is 12.6. The highest BCUT2D eigenvalue weighted by molar-refractivity contribution is 9.10. The average molecular weight is 314 g/mol. The van der Waals surface area contributed by atoms with Crippen LogP contribution in [0.25, 0.3) is 0 Å². The number of nitrogens with two attached hydrogens (primary N) is 1. The van der Waals surface area contributed by atoms with Crippen molar-refractivity contribution in [1.29, 1.82) is 0 Å². The molecule has 0 radical (unpaired) electrons. The Morgan fingerprint density at radius 3 is 2.65 bits per heavy atom. The van der Waals surface area contributed by atoms with Crippen molar-refractivity contribution in [3.05, 3.63) is 49.9 Å². The number of carbonyl (C=O) groups is 1. The second-order valence-corrected chi connectivity index (χ2v) is 5.71. The van der Waals surface area contributed by atoms with E-state index in [9.17, 15) is 9.18 Å². The summed E-state index contributed by atoms with van der Waals surface area (Å²) in [7, 11) is 0. The molecule has 0 spiro atoms. The molecule has 0 fully saturated rings. The molecule has 17 heavy (non-hydrogen) atoms. The maximum absolute atomic E-state index is 12.9. The summed E-state index contributed by atoms with van der Waals surface area (Å²) in [6.45, 7) is 1.92. The predicted molar refractivity (Wildman–Crippen MR) is 71.0 cm³/mol. The highest BCUT2D eigenvalue weighted by Gasteiger charge is 2.17. The minimum Gasteiger partial charge on any atom is -0.398 e. The summed E-state index contributed by atoms with van der Waals surface area (Å²) < 4.78 is 13.6. The van der Waals surface area contributed by atoms with Gasteiger partial charge in [0.05, 0.1) is 4.88 Å². The van der Waals surface area contributed by atoms with Gasteiger partial charge in [-0.1, -0.05) is 0 Å². The normalized spacial score (nSPS) is 10.5. The molecule has 0 aliphatic heterocycles. The van der Waals surface area contributed by atoms with Crippen LogP contribution < -0.4 is 5.73 Å². The molecular formula is C12H9BrFNOS. The summed E-state index contributed by atoms with van der Waals surface area (Å²) in [4.78, 5) is 13.8. The fourth-order valence-corrected chi connectivity index (χ4v) is 3.28. The Hall–Kier alpha value is -1.20. The van der Waals surface area contributed by atoms with Crippen molar-refractivity contribution >= 4 is 38.7 Å². The average Bonchev–Trinajstić information content (AvgIpc) is 2.57. The molecule has 1 heterocycles.